The largest absolute Gasteiger partial charge is 0.465 e. The maximum atomic E-state index is 12.3. The number of hydrogen-bond acceptors (Lipinski definition) is 2. The third-order valence-electron chi connectivity index (χ3n) is 1.69. The summed E-state index contributed by atoms with van der Waals surface area (Å²) < 4.78 is 37.0. The predicted octanol–water partition coefficient (Wildman–Crippen LogP) is 3.03. The van der Waals surface area contributed by atoms with Crippen LogP contribution in [0, 0.1) is 0 Å². The molecule has 1 amide bonds. The van der Waals surface area contributed by atoms with Crippen molar-refractivity contribution in [1.82, 2.24) is 0 Å². The average molecular weight is 255 g/mol. The van der Waals surface area contributed by atoms with Crippen LogP contribution >= 0.6 is 11.6 Å². The lowest BCUT2D eigenvalue weighted by Crippen LogP contribution is -2.12. The Bertz CT molecular complexity index is 434. The van der Waals surface area contributed by atoms with Crippen molar-refractivity contribution >= 4 is 29.1 Å². The van der Waals surface area contributed by atoms with E-state index in [0.29, 0.717) is 6.07 Å². The molecule has 1 rings (SSSR count). The first-order chi connectivity index (χ1) is 7.21. The predicted molar refractivity (Wildman–Crippen MR) is 52.5 cm³/mol. The lowest BCUT2D eigenvalue weighted by molar-refractivity contribution is -0.137. The molecule has 1 aromatic rings. The molecule has 0 saturated heterocycles. The van der Waals surface area contributed by atoms with Gasteiger partial charge in [-0.2, -0.15) is 13.2 Å². The van der Waals surface area contributed by atoms with E-state index in [1.165, 1.54) is 0 Å². The molecule has 4 N–H and O–H groups in total. The van der Waals surface area contributed by atoms with Crippen molar-refractivity contribution in [2.75, 3.05) is 11.1 Å². The van der Waals surface area contributed by atoms with Gasteiger partial charge in [-0.3, -0.25) is 5.32 Å². The van der Waals surface area contributed by atoms with Crippen molar-refractivity contribution in [2.45, 2.75) is 6.18 Å². The summed E-state index contributed by atoms with van der Waals surface area (Å²) in [6.07, 6.45) is -6.07. The highest BCUT2D eigenvalue weighted by atomic mass is 35.5. The second-order valence-electron chi connectivity index (χ2n) is 2.85. The maximum Gasteiger partial charge on any atom is 0.417 e. The fraction of sp³-hybridized carbons (Fsp3) is 0.125. The molecular weight excluding hydrogens is 249 g/mol. The topological polar surface area (TPSA) is 75.3 Å². The highest BCUT2D eigenvalue weighted by molar-refractivity contribution is 6.32. The first-order valence-electron chi connectivity index (χ1n) is 3.88. The van der Waals surface area contributed by atoms with Gasteiger partial charge in [0.2, 0.25) is 0 Å². The first kappa shape index (κ1) is 12.4. The quantitative estimate of drug-likeness (QED) is 0.674. The first-order valence-corrected chi connectivity index (χ1v) is 4.26. The molecule has 0 radical (unpaired) electrons. The van der Waals surface area contributed by atoms with E-state index in [4.69, 9.17) is 22.4 Å². The van der Waals surface area contributed by atoms with Gasteiger partial charge in [-0.1, -0.05) is 11.6 Å². The second-order valence-corrected chi connectivity index (χ2v) is 3.25. The van der Waals surface area contributed by atoms with E-state index < -0.39 is 22.9 Å². The van der Waals surface area contributed by atoms with Crippen molar-refractivity contribution < 1.29 is 23.1 Å². The number of carbonyl (C=O) groups is 1. The standard InChI is InChI=1S/C8H6ClF3N2O2/c9-4-2-6(14-7(15)16)5(13)1-3(4)8(10,11)12/h1-2,14H,13H2,(H,15,16). The van der Waals surface area contributed by atoms with E-state index in [9.17, 15) is 18.0 Å². The number of amides is 1. The minimum Gasteiger partial charge on any atom is -0.465 e. The Balaban J connectivity index is 3.22. The Labute approximate surface area is 92.8 Å². The molecule has 0 aromatic heterocycles. The van der Waals surface area contributed by atoms with Crippen LogP contribution in [0.3, 0.4) is 0 Å². The van der Waals surface area contributed by atoms with Gasteiger partial charge >= 0.3 is 12.3 Å². The van der Waals surface area contributed by atoms with Crippen LogP contribution in [0.25, 0.3) is 0 Å². The van der Waals surface area contributed by atoms with Gasteiger partial charge in [-0.05, 0) is 12.1 Å². The summed E-state index contributed by atoms with van der Waals surface area (Å²) in [5.74, 6) is 0. The number of hydrogen-bond donors (Lipinski definition) is 3. The molecule has 0 saturated carbocycles. The summed E-state index contributed by atoms with van der Waals surface area (Å²) in [4.78, 5) is 10.3. The van der Waals surface area contributed by atoms with Crippen molar-refractivity contribution in [3.8, 4) is 0 Å². The van der Waals surface area contributed by atoms with Gasteiger partial charge in [0.1, 0.15) is 0 Å². The van der Waals surface area contributed by atoms with E-state index in [2.05, 4.69) is 0 Å². The van der Waals surface area contributed by atoms with Gasteiger partial charge in [0.15, 0.2) is 0 Å². The van der Waals surface area contributed by atoms with E-state index in [-0.39, 0.29) is 11.4 Å². The van der Waals surface area contributed by atoms with Crippen LogP contribution in [0.5, 0.6) is 0 Å². The molecule has 1 aromatic carbocycles. The van der Waals surface area contributed by atoms with Gasteiger partial charge in [0.25, 0.3) is 0 Å². The molecule has 0 aliphatic heterocycles. The van der Waals surface area contributed by atoms with Crippen molar-refractivity contribution in [3.05, 3.63) is 22.7 Å². The average Bonchev–Trinajstić information content (AvgIpc) is 2.07. The molecule has 0 aliphatic rings. The van der Waals surface area contributed by atoms with Gasteiger partial charge < -0.3 is 10.8 Å². The van der Waals surface area contributed by atoms with Crippen LogP contribution in [0.1, 0.15) is 5.56 Å². The minimum atomic E-state index is -4.63. The highest BCUT2D eigenvalue weighted by Crippen LogP contribution is 2.38. The number of nitrogens with two attached hydrogens (primary N) is 1. The molecule has 4 nitrogen and oxygen atoms in total. The second kappa shape index (κ2) is 4.09. The molecule has 0 atom stereocenters. The number of rotatable bonds is 1. The normalized spacial score (nSPS) is 11.2. The van der Waals surface area contributed by atoms with Gasteiger partial charge in [0.05, 0.1) is 22.0 Å². The van der Waals surface area contributed by atoms with E-state index in [1.54, 1.807) is 0 Å². The van der Waals surface area contributed by atoms with E-state index in [0.717, 1.165) is 6.07 Å². The maximum absolute atomic E-state index is 12.3. The zero-order valence-corrected chi connectivity index (χ0v) is 8.36. The molecule has 0 heterocycles. The molecule has 16 heavy (non-hydrogen) atoms. The highest BCUT2D eigenvalue weighted by Gasteiger charge is 2.33. The number of carboxylic acid groups (broad SMARTS) is 1. The van der Waals surface area contributed by atoms with Crippen LogP contribution in [0.15, 0.2) is 12.1 Å². The summed E-state index contributed by atoms with van der Waals surface area (Å²) in [5.41, 5.74) is 3.60. The Kier molecular flexibility index (Phi) is 3.18. The van der Waals surface area contributed by atoms with Crippen LogP contribution in [0.2, 0.25) is 5.02 Å². The minimum absolute atomic E-state index is 0.189. The monoisotopic (exact) mass is 254 g/mol. The van der Waals surface area contributed by atoms with Gasteiger partial charge in [0, 0.05) is 0 Å². The van der Waals surface area contributed by atoms with E-state index >= 15 is 0 Å². The number of anilines is 2. The van der Waals surface area contributed by atoms with Crippen LogP contribution in [0.4, 0.5) is 29.3 Å². The van der Waals surface area contributed by atoms with Gasteiger partial charge in [-0.25, -0.2) is 4.79 Å². The third-order valence-corrected chi connectivity index (χ3v) is 2.00. The zero-order chi connectivity index (χ0) is 12.5. The molecule has 88 valence electrons. The van der Waals surface area contributed by atoms with Crippen molar-refractivity contribution in [1.29, 1.82) is 0 Å². The number of halogens is 4. The fourth-order valence-corrected chi connectivity index (χ4v) is 1.30. The summed E-state index contributed by atoms with van der Waals surface area (Å²) >= 11 is 5.36. The molecule has 0 fully saturated rings. The summed E-state index contributed by atoms with van der Waals surface area (Å²) in [5, 5.41) is 9.59. The third kappa shape index (κ3) is 2.69. The zero-order valence-electron chi connectivity index (χ0n) is 7.60. The van der Waals surface area contributed by atoms with Gasteiger partial charge in [-0.15, -0.1) is 0 Å². The lowest BCUT2D eigenvalue weighted by atomic mass is 10.1. The van der Waals surface area contributed by atoms with Crippen LogP contribution < -0.4 is 11.1 Å². The molecular formula is C8H6ClF3N2O2. The van der Waals surface area contributed by atoms with Crippen LogP contribution in [-0.2, 0) is 6.18 Å². The summed E-state index contributed by atoms with van der Waals surface area (Å²) in [6, 6.07) is 1.39. The molecule has 0 spiro atoms. The number of alkyl halides is 3. The summed E-state index contributed by atoms with van der Waals surface area (Å²) in [6.45, 7) is 0. The molecule has 0 bridgehead atoms. The molecule has 0 aliphatic carbocycles. The van der Waals surface area contributed by atoms with Crippen molar-refractivity contribution in [3.63, 3.8) is 0 Å². The Morgan fingerprint density at radius 3 is 2.44 bits per heavy atom. The lowest BCUT2D eigenvalue weighted by Gasteiger charge is -2.12. The number of nitrogens with one attached hydrogen (secondary N) is 1. The molecule has 0 unspecified atom stereocenters. The number of nitrogen functional groups attached to an aromatic ring is 1. The smallest absolute Gasteiger partial charge is 0.417 e. The molecule has 8 heteroatoms. The number of benzene rings is 1. The van der Waals surface area contributed by atoms with E-state index in [1.807, 2.05) is 5.32 Å². The SMILES string of the molecule is Nc1cc(C(F)(F)F)c(Cl)cc1NC(=O)O. The Hall–Kier alpha value is -1.63. The van der Waals surface area contributed by atoms with Crippen molar-refractivity contribution in [2.24, 2.45) is 0 Å². The Morgan fingerprint density at radius 2 is 2.00 bits per heavy atom. The van der Waals surface area contributed by atoms with Crippen LogP contribution in [-0.4, -0.2) is 11.2 Å². The summed E-state index contributed by atoms with van der Waals surface area (Å²) in [7, 11) is 0. The Morgan fingerprint density at radius 1 is 1.44 bits per heavy atom. The fourth-order valence-electron chi connectivity index (χ4n) is 1.03.